The van der Waals surface area contributed by atoms with Gasteiger partial charge in [0.15, 0.2) is 5.78 Å². The molecule has 1 fully saturated rings. The van der Waals surface area contributed by atoms with E-state index in [0.717, 1.165) is 11.1 Å². The second kappa shape index (κ2) is 7.92. The van der Waals surface area contributed by atoms with Crippen molar-refractivity contribution in [3.05, 3.63) is 81.5 Å². The van der Waals surface area contributed by atoms with Crippen LogP contribution in [0, 0.1) is 0 Å². The zero-order valence-electron chi connectivity index (χ0n) is 17.0. The highest BCUT2D eigenvalue weighted by molar-refractivity contribution is 6.30. The topological polar surface area (TPSA) is 59.0 Å². The Morgan fingerprint density at radius 2 is 1.83 bits per heavy atom. The van der Waals surface area contributed by atoms with Gasteiger partial charge in [-0.2, -0.15) is 0 Å². The molecule has 2 aromatic rings. The molecule has 0 bridgehead atoms. The van der Waals surface area contributed by atoms with Crippen LogP contribution in [0.15, 0.2) is 70.4 Å². The molecule has 2 aliphatic rings. The van der Waals surface area contributed by atoms with Gasteiger partial charge in [-0.1, -0.05) is 35.9 Å². The molecule has 2 aromatic carbocycles. The van der Waals surface area contributed by atoms with Crippen LogP contribution in [0.1, 0.15) is 37.4 Å². The predicted molar refractivity (Wildman–Crippen MR) is 117 cm³/mol. The van der Waals surface area contributed by atoms with Crippen molar-refractivity contribution in [3.8, 4) is 5.75 Å². The van der Waals surface area contributed by atoms with Crippen LogP contribution in [0.25, 0.3) is 6.08 Å². The van der Waals surface area contributed by atoms with E-state index in [4.69, 9.17) is 16.3 Å². The zero-order chi connectivity index (χ0) is 21.4. The molecular weight excluding hydrogens is 400 g/mol. The van der Waals surface area contributed by atoms with E-state index in [0.29, 0.717) is 39.9 Å². The lowest BCUT2D eigenvalue weighted by Gasteiger charge is -2.33. The van der Waals surface area contributed by atoms with E-state index < -0.39 is 6.04 Å². The van der Waals surface area contributed by atoms with Gasteiger partial charge in [0.2, 0.25) is 0 Å². The summed E-state index contributed by atoms with van der Waals surface area (Å²) < 4.78 is 5.25. The molecule has 152 valence electrons. The van der Waals surface area contributed by atoms with Crippen LogP contribution in [0.5, 0.6) is 5.75 Å². The Labute approximate surface area is 180 Å². The van der Waals surface area contributed by atoms with Gasteiger partial charge in [-0.3, -0.25) is 14.5 Å². The number of hydrogen-bond acceptors (Lipinski definition) is 4. The minimum Gasteiger partial charge on any atom is -0.497 e. The number of halogens is 1. The summed E-state index contributed by atoms with van der Waals surface area (Å²) in [6.07, 6.45) is 2.27. The van der Waals surface area contributed by atoms with Gasteiger partial charge in [-0.05, 0) is 55.3 Å². The van der Waals surface area contributed by atoms with E-state index in [-0.39, 0.29) is 11.7 Å². The van der Waals surface area contributed by atoms with Crippen molar-refractivity contribution >= 4 is 35.2 Å². The molecule has 1 unspecified atom stereocenters. The fraction of sp³-hybridized carbons (Fsp3) is 0.208. The van der Waals surface area contributed by atoms with Gasteiger partial charge in [0.25, 0.3) is 5.91 Å². The third-order valence-electron chi connectivity index (χ3n) is 5.36. The minimum atomic E-state index is -0.510. The Morgan fingerprint density at radius 3 is 2.43 bits per heavy atom. The molecule has 1 amide bonds. The fourth-order valence-corrected chi connectivity index (χ4v) is 4.09. The summed E-state index contributed by atoms with van der Waals surface area (Å²) >= 11 is 5.97. The second-order valence-electron chi connectivity index (χ2n) is 7.33. The smallest absolute Gasteiger partial charge is 0.256 e. The van der Waals surface area contributed by atoms with Gasteiger partial charge in [-0.25, -0.2) is 4.99 Å². The lowest BCUT2D eigenvalue weighted by Crippen LogP contribution is -2.39. The third-order valence-corrected chi connectivity index (χ3v) is 5.61. The summed E-state index contributed by atoms with van der Waals surface area (Å²) in [7, 11) is 1.60. The highest BCUT2D eigenvalue weighted by Gasteiger charge is 2.43. The summed E-state index contributed by atoms with van der Waals surface area (Å²) in [6.45, 7) is 3.34. The zero-order valence-corrected chi connectivity index (χ0v) is 17.7. The number of nitrogens with zero attached hydrogens (tertiary/aromatic N) is 2. The van der Waals surface area contributed by atoms with Crippen LogP contribution in [0.4, 0.5) is 0 Å². The number of Topliss-reactive ketones (excluding diaryl/α,β-unsaturated/α-hetero) is 1. The predicted octanol–water partition coefficient (Wildman–Crippen LogP) is 4.98. The van der Waals surface area contributed by atoms with Gasteiger partial charge >= 0.3 is 0 Å². The molecule has 0 spiro atoms. The van der Waals surface area contributed by atoms with E-state index in [1.54, 1.807) is 24.1 Å². The number of hydrogen-bond donors (Lipinski definition) is 0. The van der Waals surface area contributed by atoms with Crippen molar-refractivity contribution in [3.63, 3.8) is 0 Å². The largest absolute Gasteiger partial charge is 0.497 e. The summed E-state index contributed by atoms with van der Waals surface area (Å²) in [5.41, 5.74) is 3.54. The van der Waals surface area contributed by atoms with Gasteiger partial charge < -0.3 is 4.74 Å². The summed E-state index contributed by atoms with van der Waals surface area (Å²) in [6, 6.07) is 14.2. The van der Waals surface area contributed by atoms with E-state index in [1.807, 2.05) is 49.4 Å². The average molecular weight is 421 g/mol. The Morgan fingerprint density at radius 1 is 1.17 bits per heavy atom. The van der Waals surface area contributed by atoms with E-state index >= 15 is 0 Å². The quantitative estimate of drug-likeness (QED) is 0.655. The van der Waals surface area contributed by atoms with Crippen LogP contribution >= 0.6 is 11.6 Å². The molecular formula is C24H21ClN2O3. The number of allylic oxidation sites excluding steroid dienone is 1. The second-order valence-corrected chi connectivity index (χ2v) is 7.77. The SMILES string of the molecule is COc1ccc(C2C(C(C)=O)=C(C)N=C3C/C(=C/c4ccc(Cl)cc4)C(=O)N32)cc1. The Balaban J connectivity index is 1.78. The fourth-order valence-electron chi connectivity index (χ4n) is 3.97. The molecule has 1 atom stereocenters. The maximum atomic E-state index is 13.4. The maximum absolute atomic E-state index is 13.4. The third kappa shape index (κ3) is 3.57. The minimum absolute atomic E-state index is 0.0981. The number of amidine groups is 1. The molecule has 0 saturated carbocycles. The monoisotopic (exact) mass is 420 g/mol. The van der Waals surface area contributed by atoms with Crippen LogP contribution in [0.3, 0.4) is 0 Å². The van der Waals surface area contributed by atoms with Crippen LogP contribution in [0.2, 0.25) is 5.02 Å². The van der Waals surface area contributed by atoms with Gasteiger partial charge in [0.1, 0.15) is 11.6 Å². The van der Waals surface area contributed by atoms with Crippen molar-refractivity contribution in [2.24, 2.45) is 4.99 Å². The van der Waals surface area contributed by atoms with E-state index in [9.17, 15) is 9.59 Å². The first-order chi connectivity index (χ1) is 14.4. The number of aliphatic imine (C=N–C) groups is 1. The first-order valence-electron chi connectivity index (χ1n) is 9.62. The van der Waals surface area contributed by atoms with Crippen LogP contribution in [-0.2, 0) is 9.59 Å². The average Bonchev–Trinajstić information content (AvgIpc) is 3.03. The lowest BCUT2D eigenvalue weighted by atomic mass is 9.92. The summed E-state index contributed by atoms with van der Waals surface area (Å²) in [4.78, 5) is 32.1. The standard InChI is InChI=1S/C24H21ClN2O3/c1-14-22(15(2)28)23(17-6-10-20(30-3)11-7-17)27-21(26-14)13-18(24(27)29)12-16-4-8-19(25)9-5-16/h4-12,23H,13H2,1-3H3/b18-12-. The number of rotatable bonds is 4. The van der Waals surface area contributed by atoms with Gasteiger partial charge in [0.05, 0.1) is 13.2 Å². The van der Waals surface area contributed by atoms with Crippen molar-refractivity contribution in [2.75, 3.05) is 7.11 Å². The number of methoxy groups -OCH3 is 1. The van der Waals surface area contributed by atoms with E-state index in [1.165, 1.54) is 6.92 Å². The number of ketones is 1. The molecule has 1 saturated heterocycles. The molecule has 0 aliphatic carbocycles. The molecule has 0 radical (unpaired) electrons. The highest BCUT2D eigenvalue weighted by Crippen LogP contribution is 2.41. The van der Waals surface area contributed by atoms with Gasteiger partial charge in [0, 0.05) is 28.3 Å². The van der Waals surface area contributed by atoms with Crippen molar-refractivity contribution in [1.82, 2.24) is 4.90 Å². The number of carbonyl (C=O) groups excluding carboxylic acids is 2. The highest BCUT2D eigenvalue weighted by atomic mass is 35.5. The molecule has 2 heterocycles. The first-order valence-corrected chi connectivity index (χ1v) is 9.99. The van der Waals surface area contributed by atoms with E-state index in [2.05, 4.69) is 4.99 Å². The Bertz CT molecular complexity index is 1110. The number of amides is 1. The molecule has 2 aliphatic heterocycles. The van der Waals surface area contributed by atoms with Gasteiger partial charge in [-0.15, -0.1) is 0 Å². The molecule has 0 N–H and O–H groups in total. The molecule has 6 heteroatoms. The lowest BCUT2D eigenvalue weighted by molar-refractivity contribution is -0.123. The maximum Gasteiger partial charge on any atom is 0.256 e. The number of ether oxygens (including phenoxy) is 1. The Hall–Kier alpha value is -3.18. The Kier molecular flexibility index (Phi) is 5.31. The number of fused-ring (bicyclic) bond motifs is 1. The molecule has 5 nitrogen and oxygen atoms in total. The number of benzene rings is 2. The van der Waals surface area contributed by atoms with Crippen molar-refractivity contribution in [1.29, 1.82) is 0 Å². The summed E-state index contributed by atoms with van der Waals surface area (Å²) in [5, 5.41) is 0.641. The molecule has 4 rings (SSSR count). The summed E-state index contributed by atoms with van der Waals surface area (Å²) in [5.74, 6) is 1.13. The van der Waals surface area contributed by atoms with Crippen LogP contribution < -0.4 is 4.74 Å². The first kappa shape index (κ1) is 20.1. The molecule has 0 aromatic heterocycles. The van der Waals surface area contributed by atoms with Crippen molar-refractivity contribution < 1.29 is 14.3 Å². The van der Waals surface area contributed by atoms with Crippen LogP contribution in [-0.4, -0.2) is 29.5 Å². The molecule has 30 heavy (non-hydrogen) atoms. The normalized spacial score (nSPS) is 19.8. The number of carbonyl (C=O) groups is 2. The van der Waals surface area contributed by atoms with Crippen molar-refractivity contribution in [2.45, 2.75) is 26.3 Å².